The van der Waals surface area contributed by atoms with Gasteiger partial charge in [0.05, 0.1) is 6.04 Å². The molecule has 0 spiro atoms. The Morgan fingerprint density at radius 1 is 1.05 bits per heavy atom. The molecule has 1 aromatic heterocycles. The zero-order valence-electron chi connectivity index (χ0n) is 12.2. The SMILES string of the molecule is CC(C)c1noc([C@H](C)N[C@@H](C)c2ccc(Cl)cc2)n1. The van der Waals surface area contributed by atoms with Crippen LogP contribution >= 0.6 is 11.6 Å². The maximum Gasteiger partial charge on any atom is 0.243 e. The first-order valence-corrected chi connectivity index (χ1v) is 7.20. The van der Waals surface area contributed by atoms with Crippen LogP contribution in [0.25, 0.3) is 0 Å². The molecule has 0 aliphatic carbocycles. The molecule has 0 aliphatic heterocycles. The van der Waals surface area contributed by atoms with Crippen molar-refractivity contribution >= 4 is 11.6 Å². The molecule has 2 aromatic rings. The van der Waals surface area contributed by atoms with Gasteiger partial charge in [-0.05, 0) is 31.5 Å². The van der Waals surface area contributed by atoms with Crippen LogP contribution in [0.5, 0.6) is 0 Å². The third kappa shape index (κ3) is 3.58. The molecular formula is C15H20ClN3O. The van der Waals surface area contributed by atoms with Crippen molar-refractivity contribution in [2.24, 2.45) is 0 Å². The van der Waals surface area contributed by atoms with E-state index in [0.717, 1.165) is 10.8 Å². The monoisotopic (exact) mass is 293 g/mol. The molecule has 1 heterocycles. The average Bonchev–Trinajstić information content (AvgIpc) is 2.89. The minimum atomic E-state index is 0.000628. The smallest absolute Gasteiger partial charge is 0.243 e. The number of halogens is 1. The number of hydrogen-bond acceptors (Lipinski definition) is 4. The van der Waals surface area contributed by atoms with Crippen molar-refractivity contribution in [2.45, 2.75) is 45.7 Å². The summed E-state index contributed by atoms with van der Waals surface area (Å²) in [6.07, 6.45) is 0. The second kappa shape index (κ2) is 6.37. The molecule has 1 aromatic carbocycles. The minimum Gasteiger partial charge on any atom is -0.338 e. The van der Waals surface area contributed by atoms with Gasteiger partial charge in [0.15, 0.2) is 5.82 Å². The maximum atomic E-state index is 5.90. The highest BCUT2D eigenvalue weighted by Crippen LogP contribution is 2.21. The molecule has 5 heteroatoms. The van der Waals surface area contributed by atoms with Gasteiger partial charge in [0.1, 0.15) is 0 Å². The summed E-state index contributed by atoms with van der Waals surface area (Å²) >= 11 is 5.90. The van der Waals surface area contributed by atoms with Gasteiger partial charge in [0.2, 0.25) is 5.89 Å². The predicted molar refractivity (Wildman–Crippen MR) is 79.8 cm³/mol. The molecule has 2 atom stereocenters. The number of nitrogens with one attached hydrogen (secondary N) is 1. The van der Waals surface area contributed by atoms with E-state index in [1.165, 1.54) is 5.56 Å². The fourth-order valence-electron chi connectivity index (χ4n) is 1.95. The molecule has 0 amide bonds. The first kappa shape index (κ1) is 15.0. The van der Waals surface area contributed by atoms with Crippen molar-refractivity contribution in [3.8, 4) is 0 Å². The van der Waals surface area contributed by atoms with Crippen LogP contribution in [0, 0.1) is 0 Å². The number of hydrogen-bond donors (Lipinski definition) is 1. The molecule has 2 rings (SSSR count). The lowest BCUT2D eigenvalue weighted by Crippen LogP contribution is -2.22. The molecule has 0 aliphatic rings. The van der Waals surface area contributed by atoms with Gasteiger partial charge in [-0.3, -0.25) is 5.32 Å². The predicted octanol–water partition coefficient (Wildman–Crippen LogP) is 4.26. The first-order valence-electron chi connectivity index (χ1n) is 6.82. The summed E-state index contributed by atoms with van der Waals surface area (Å²) in [4.78, 5) is 4.41. The quantitative estimate of drug-likeness (QED) is 0.895. The summed E-state index contributed by atoms with van der Waals surface area (Å²) in [7, 11) is 0. The van der Waals surface area contributed by atoms with E-state index in [9.17, 15) is 0 Å². The van der Waals surface area contributed by atoms with Crippen molar-refractivity contribution in [1.82, 2.24) is 15.5 Å². The summed E-state index contributed by atoms with van der Waals surface area (Å²) in [6, 6.07) is 7.99. The number of benzene rings is 1. The molecule has 0 saturated carbocycles. The van der Waals surface area contributed by atoms with Crippen LogP contribution in [-0.4, -0.2) is 10.1 Å². The zero-order valence-corrected chi connectivity index (χ0v) is 13.0. The molecule has 1 N–H and O–H groups in total. The Kier molecular flexibility index (Phi) is 4.78. The highest BCUT2D eigenvalue weighted by Gasteiger charge is 2.18. The highest BCUT2D eigenvalue weighted by molar-refractivity contribution is 6.30. The first-order chi connectivity index (χ1) is 9.47. The van der Waals surface area contributed by atoms with Crippen molar-refractivity contribution < 1.29 is 4.52 Å². The molecule has 0 unspecified atom stereocenters. The maximum absolute atomic E-state index is 5.90. The lowest BCUT2D eigenvalue weighted by atomic mass is 10.1. The number of aromatic nitrogens is 2. The third-order valence-corrected chi connectivity index (χ3v) is 3.47. The van der Waals surface area contributed by atoms with Gasteiger partial charge in [-0.25, -0.2) is 0 Å². The molecule has 108 valence electrons. The van der Waals surface area contributed by atoms with E-state index >= 15 is 0 Å². The normalized spacial score (nSPS) is 14.5. The Hall–Kier alpha value is -1.39. The van der Waals surface area contributed by atoms with Gasteiger partial charge < -0.3 is 4.52 Å². The molecule has 4 nitrogen and oxygen atoms in total. The van der Waals surface area contributed by atoms with E-state index in [2.05, 4.69) is 22.4 Å². The lowest BCUT2D eigenvalue weighted by molar-refractivity contribution is 0.324. The fourth-order valence-corrected chi connectivity index (χ4v) is 2.08. The van der Waals surface area contributed by atoms with Crippen LogP contribution in [0.4, 0.5) is 0 Å². The Balaban J connectivity index is 2.02. The number of nitrogens with zero attached hydrogens (tertiary/aromatic N) is 2. The van der Waals surface area contributed by atoms with Crippen LogP contribution in [0.1, 0.15) is 63.0 Å². The second-order valence-corrected chi connectivity index (χ2v) is 5.74. The minimum absolute atomic E-state index is 0.000628. The molecule has 0 radical (unpaired) electrons. The summed E-state index contributed by atoms with van der Waals surface area (Å²) in [5.41, 5.74) is 1.17. The molecule has 0 bridgehead atoms. The lowest BCUT2D eigenvalue weighted by Gasteiger charge is -2.17. The van der Waals surface area contributed by atoms with Crippen LogP contribution in [0.3, 0.4) is 0 Å². The van der Waals surface area contributed by atoms with Crippen LogP contribution < -0.4 is 5.32 Å². The van der Waals surface area contributed by atoms with E-state index in [0.29, 0.717) is 5.89 Å². The Labute approximate surface area is 124 Å². The van der Waals surface area contributed by atoms with E-state index in [4.69, 9.17) is 16.1 Å². The molecule has 0 fully saturated rings. The van der Waals surface area contributed by atoms with Gasteiger partial charge in [-0.2, -0.15) is 4.98 Å². The van der Waals surface area contributed by atoms with Crippen LogP contribution in [0.15, 0.2) is 28.8 Å². The van der Waals surface area contributed by atoms with Crippen LogP contribution in [-0.2, 0) is 0 Å². The fraction of sp³-hybridized carbons (Fsp3) is 0.467. The summed E-state index contributed by atoms with van der Waals surface area (Å²) in [6.45, 7) is 8.20. The van der Waals surface area contributed by atoms with Gasteiger partial charge in [0.25, 0.3) is 0 Å². The molecule has 0 saturated heterocycles. The van der Waals surface area contributed by atoms with Gasteiger partial charge in [0, 0.05) is 17.0 Å². The molecular weight excluding hydrogens is 274 g/mol. The zero-order chi connectivity index (χ0) is 14.7. The Bertz CT molecular complexity index is 551. The van der Waals surface area contributed by atoms with E-state index in [-0.39, 0.29) is 18.0 Å². The standard InChI is InChI=1S/C15H20ClN3O/c1-9(2)14-18-15(20-19-14)11(4)17-10(3)12-5-7-13(16)8-6-12/h5-11,17H,1-4H3/t10-,11-/m0/s1. The van der Waals surface area contributed by atoms with E-state index in [1.807, 2.05) is 45.0 Å². The third-order valence-electron chi connectivity index (χ3n) is 3.21. The largest absolute Gasteiger partial charge is 0.338 e. The van der Waals surface area contributed by atoms with Gasteiger partial charge in [-0.1, -0.05) is 42.7 Å². The Morgan fingerprint density at radius 3 is 2.25 bits per heavy atom. The molecule has 20 heavy (non-hydrogen) atoms. The van der Waals surface area contributed by atoms with Crippen molar-refractivity contribution in [1.29, 1.82) is 0 Å². The topological polar surface area (TPSA) is 51.0 Å². The van der Waals surface area contributed by atoms with Gasteiger partial charge >= 0.3 is 0 Å². The van der Waals surface area contributed by atoms with Crippen molar-refractivity contribution in [3.05, 3.63) is 46.6 Å². The average molecular weight is 294 g/mol. The summed E-state index contributed by atoms with van der Waals surface area (Å²) in [5.74, 6) is 1.63. The second-order valence-electron chi connectivity index (χ2n) is 5.31. The summed E-state index contributed by atoms with van der Waals surface area (Å²) in [5, 5.41) is 8.17. The van der Waals surface area contributed by atoms with E-state index < -0.39 is 0 Å². The number of rotatable bonds is 5. The van der Waals surface area contributed by atoms with Crippen molar-refractivity contribution in [2.75, 3.05) is 0 Å². The Morgan fingerprint density at radius 2 is 1.70 bits per heavy atom. The van der Waals surface area contributed by atoms with Crippen LogP contribution in [0.2, 0.25) is 5.02 Å². The highest BCUT2D eigenvalue weighted by atomic mass is 35.5. The van der Waals surface area contributed by atoms with Crippen molar-refractivity contribution in [3.63, 3.8) is 0 Å². The summed E-state index contributed by atoms with van der Waals surface area (Å²) < 4.78 is 5.30. The van der Waals surface area contributed by atoms with Gasteiger partial charge in [-0.15, -0.1) is 0 Å². The van der Waals surface area contributed by atoms with E-state index in [1.54, 1.807) is 0 Å².